The minimum absolute atomic E-state index is 0.146. The fraction of sp³-hybridized carbons (Fsp3) is 0.778. The number of rotatable bonds is 3. The summed E-state index contributed by atoms with van der Waals surface area (Å²) in [6.07, 6.45) is 3.58. The molecule has 64 valence electrons. The zero-order chi connectivity index (χ0) is 8.27. The van der Waals surface area contributed by atoms with E-state index in [0.717, 1.165) is 25.2 Å². The molecule has 1 aliphatic heterocycles. The second kappa shape index (κ2) is 4.01. The van der Waals surface area contributed by atoms with Crippen LogP contribution in [0.5, 0.6) is 0 Å². The summed E-state index contributed by atoms with van der Waals surface area (Å²) in [5.41, 5.74) is 1.12. The smallest absolute Gasteiger partial charge is 0.0725 e. The van der Waals surface area contributed by atoms with Crippen LogP contribution in [0.15, 0.2) is 12.3 Å². The number of hydrogen-bond donors (Lipinski definition) is 0. The minimum Gasteiger partial charge on any atom is -0.374 e. The summed E-state index contributed by atoms with van der Waals surface area (Å²) < 4.78 is 0. The first kappa shape index (κ1) is 8.92. The van der Waals surface area contributed by atoms with Gasteiger partial charge in [-0.15, -0.1) is 11.6 Å². The average Bonchev–Trinajstić information content (AvgIpc) is 2.53. The quantitative estimate of drug-likeness (QED) is 0.594. The number of halogens is 1. The molecule has 0 aromatic rings. The predicted octanol–water partition coefficient (Wildman–Crippen LogP) is 2.61. The number of nitrogens with zero attached hydrogens (tertiary/aromatic N) is 1. The van der Waals surface area contributed by atoms with Gasteiger partial charge < -0.3 is 4.90 Å². The van der Waals surface area contributed by atoms with E-state index in [1.165, 1.54) is 12.8 Å². The van der Waals surface area contributed by atoms with Gasteiger partial charge in [0.25, 0.3) is 0 Å². The van der Waals surface area contributed by atoms with Crippen molar-refractivity contribution >= 4 is 11.6 Å². The maximum Gasteiger partial charge on any atom is 0.0725 e. The third-order valence-electron chi connectivity index (χ3n) is 2.23. The maximum absolute atomic E-state index is 6.05. The minimum atomic E-state index is 0.146. The molecule has 1 aliphatic rings. The Kier molecular flexibility index (Phi) is 3.25. The second-order valence-electron chi connectivity index (χ2n) is 3.06. The molecule has 0 aliphatic carbocycles. The van der Waals surface area contributed by atoms with Crippen LogP contribution in [0.1, 0.15) is 26.2 Å². The molecule has 0 amide bonds. The van der Waals surface area contributed by atoms with Gasteiger partial charge in [0.2, 0.25) is 0 Å². The summed E-state index contributed by atoms with van der Waals surface area (Å²) in [6.45, 7) is 8.41. The fourth-order valence-electron chi connectivity index (χ4n) is 1.44. The average molecular weight is 174 g/mol. The summed E-state index contributed by atoms with van der Waals surface area (Å²) in [6, 6.07) is 0. The highest BCUT2D eigenvalue weighted by Crippen LogP contribution is 2.20. The van der Waals surface area contributed by atoms with Gasteiger partial charge in [0.1, 0.15) is 0 Å². The number of allylic oxidation sites excluding steroid dienone is 1. The Morgan fingerprint density at radius 1 is 1.55 bits per heavy atom. The lowest BCUT2D eigenvalue weighted by atomic mass is 10.2. The van der Waals surface area contributed by atoms with E-state index in [2.05, 4.69) is 18.4 Å². The Bertz CT molecular complexity index is 138. The van der Waals surface area contributed by atoms with E-state index in [4.69, 9.17) is 11.6 Å². The van der Waals surface area contributed by atoms with Crippen LogP contribution in [0.3, 0.4) is 0 Å². The molecule has 0 aromatic carbocycles. The van der Waals surface area contributed by atoms with Gasteiger partial charge in [-0.2, -0.15) is 0 Å². The zero-order valence-corrected chi connectivity index (χ0v) is 7.90. The van der Waals surface area contributed by atoms with Crippen LogP contribution < -0.4 is 0 Å². The zero-order valence-electron chi connectivity index (χ0n) is 7.15. The Morgan fingerprint density at radius 3 is 2.55 bits per heavy atom. The molecular formula is C9H16ClN. The van der Waals surface area contributed by atoms with Crippen LogP contribution >= 0.6 is 11.6 Å². The van der Waals surface area contributed by atoms with Gasteiger partial charge in [-0.05, 0) is 19.3 Å². The number of likely N-dealkylation sites (tertiary alicyclic amines) is 1. The lowest BCUT2D eigenvalue weighted by Crippen LogP contribution is -2.23. The van der Waals surface area contributed by atoms with Crippen molar-refractivity contribution in [3.63, 3.8) is 0 Å². The molecule has 1 nitrogen and oxygen atoms in total. The molecule has 0 N–H and O–H groups in total. The normalized spacial score (nSPS) is 20.4. The van der Waals surface area contributed by atoms with Gasteiger partial charge in [0.15, 0.2) is 0 Å². The molecule has 1 heterocycles. The van der Waals surface area contributed by atoms with Gasteiger partial charge in [0, 0.05) is 18.8 Å². The third-order valence-corrected chi connectivity index (χ3v) is 2.79. The molecular weight excluding hydrogens is 158 g/mol. The summed E-state index contributed by atoms with van der Waals surface area (Å²) in [5, 5.41) is 0.146. The van der Waals surface area contributed by atoms with Crippen molar-refractivity contribution in [3.05, 3.63) is 12.3 Å². The van der Waals surface area contributed by atoms with E-state index >= 15 is 0 Å². The van der Waals surface area contributed by atoms with Gasteiger partial charge in [-0.25, -0.2) is 0 Å². The monoisotopic (exact) mass is 173 g/mol. The van der Waals surface area contributed by atoms with Crippen molar-refractivity contribution in [1.29, 1.82) is 0 Å². The van der Waals surface area contributed by atoms with Crippen molar-refractivity contribution < 1.29 is 0 Å². The van der Waals surface area contributed by atoms with Crippen molar-refractivity contribution in [2.24, 2.45) is 0 Å². The van der Waals surface area contributed by atoms with Crippen molar-refractivity contribution in [2.45, 2.75) is 31.6 Å². The van der Waals surface area contributed by atoms with Gasteiger partial charge in [0.05, 0.1) is 5.38 Å². The topological polar surface area (TPSA) is 3.24 Å². The first-order chi connectivity index (χ1) is 5.25. The van der Waals surface area contributed by atoms with Crippen LogP contribution in [-0.4, -0.2) is 23.4 Å². The molecule has 11 heavy (non-hydrogen) atoms. The maximum atomic E-state index is 6.05. The molecule has 0 aromatic heterocycles. The Labute approximate surface area is 74.0 Å². The first-order valence-electron chi connectivity index (χ1n) is 4.33. The Hall–Kier alpha value is -0.170. The highest BCUT2D eigenvalue weighted by molar-refractivity contribution is 6.22. The summed E-state index contributed by atoms with van der Waals surface area (Å²) in [5.74, 6) is 0. The Morgan fingerprint density at radius 2 is 2.09 bits per heavy atom. The van der Waals surface area contributed by atoms with E-state index < -0.39 is 0 Å². The van der Waals surface area contributed by atoms with Crippen LogP contribution in [0.2, 0.25) is 0 Å². The van der Waals surface area contributed by atoms with E-state index in [1.807, 2.05) is 0 Å². The van der Waals surface area contributed by atoms with E-state index in [-0.39, 0.29) is 5.38 Å². The lowest BCUT2D eigenvalue weighted by Gasteiger charge is -2.23. The van der Waals surface area contributed by atoms with Crippen LogP contribution in [-0.2, 0) is 0 Å². The molecule has 0 saturated carbocycles. The van der Waals surface area contributed by atoms with E-state index in [1.54, 1.807) is 0 Å². The summed E-state index contributed by atoms with van der Waals surface area (Å²) in [4.78, 5) is 2.31. The summed E-state index contributed by atoms with van der Waals surface area (Å²) >= 11 is 6.05. The van der Waals surface area contributed by atoms with E-state index in [9.17, 15) is 0 Å². The predicted molar refractivity (Wildman–Crippen MR) is 49.9 cm³/mol. The highest BCUT2D eigenvalue weighted by atomic mass is 35.5. The number of alkyl halides is 1. The van der Waals surface area contributed by atoms with Gasteiger partial charge >= 0.3 is 0 Å². The van der Waals surface area contributed by atoms with Crippen LogP contribution in [0.4, 0.5) is 0 Å². The Balaban J connectivity index is 2.39. The molecule has 0 spiro atoms. The highest BCUT2D eigenvalue weighted by Gasteiger charge is 2.17. The fourth-order valence-corrected chi connectivity index (χ4v) is 1.58. The van der Waals surface area contributed by atoms with E-state index in [0.29, 0.717) is 0 Å². The van der Waals surface area contributed by atoms with Crippen LogP contribution in [0.25, 0.3) is 0 Å². The van der Waals surface area contributed by atoms with Gasteiger partial charge in [-0.3, -0.25) is 0 Å². The molecule has 0 bridgehead atoms. The standard InChI is InChI=1S/C9H16ClN/c1-3-9(10)8(2)11-6-4-5-7-11/h9H,2-7H2,1H3. The van der Waals surface area contributed by atoms with Crippen LogP contribution in [0, 0.1) is 0 Å². The molecule has 1 rings (SSSR count). The molecule has 1 fully saturated rings. The molecule has 1 unspecified atom stereocenters. The second-order valence-corrected chi connectivity index (χ2v) is 3.59. The lowest BCUT2D eigenvalue weighted by molar-refractivity contribution is 0.411. The van der Waals surface area contributed by atoms with Crippen molar-refractivity contribution in [3.8, 4) is 0 Å². The van der Waals surface area contributed by atoms with Crippen molar-refractivity contribution in [1.82, 2.24) is 4.90 Å². The SMILES string of the molecule is C=C(C(Cl)CC)N1CCCC1. The number of hydrogen-bond acceptors (Lipinski definition) is 1. The summed E-state index contributed by atoms with van der Waals surface area (Å²) in [7, 11) is 0. The first-order valence-corrected chi connectivity index (χ1v) is 4.77. The molecule has 0 radical (unpaired) electrons. The molecule has 1 saturated heterocycles. The molecule has 2 heteroatoms. The molecule has 1 atom stereocenters. The van der Waals surface area contributed by atoms with Gasteiger partial charge in [-0.1, -0.05) is 13.5 Å². The third kappa shape index (κ3) is 2.13. The largest absolute Gasteiger partial charge is 0.374 e. The van der Waals surface area contributed by atoms with Crippen molar-refractivity contribution in [2.75, 3.05) is 13.1 Å².